The van der Waals surface area contributed by atoms with E-state index in [4.69, 9.17) is 5.73 Å². The van der Waals surface area contributed by atoms with Crippen LogP contribution >= 0.6 is 24.2 Å². The first-order chi connectivity index (χ1) is 9.65. The zero-order chi connectivity index (χ0) is 14.8. The van der Waals surface area contributed by atoms with E-state index in [2.05, 4.69) is 6.92 Å². The van der Waals surface area contributed by atoms with Gasteiger partial charge < -0.3 is 10.8 Å². The van der Waals surface area contributed by atoms with Gasteiger partial charge in [0, 0.05) is 17.2 Å². The van der Waals surface area contributed by atoms with Crippen LogP contribution in [-0.2, 0) is 10.5 Å². The number of nitrogen functional groups attached to an aromatic ring is 1. The van der Waals surface area contributed by atoms with E-state index in [9.17, 15) is 9.90 Å². The molecule has 3 N–H and O–H groups in total. The van der Waals surface area contributed by atoms with Crippen molar-refractivity contribution in [2.24, 2.45) is 5.92 Å². The summed E-state index contributed by atoms with van der Waals surface area (Å²) in [6.45, 7) is 2.16. The molecule has 0 saturated heterocycles. The molecule has 1 unspecified atom stereocenters. The summed E-state index contributed by atoms with van der Waals surface area (Å²) in [7, 11) is 0. The number of nitrogens with two attached hydrogens (primary N) is 1. The van der Waals surface area contributed by atoms with Gasteiger partial charge in [-0.3, -0.25) is 4.79 Å². The van der Waals surface area contributed by atoms with Crippen molar-refractivity contribution in [3.05, 3.63) is 29.8 Å². The highest BCUT2D eigenvalue weighted by molar-refractivity contribution is 7.98. The van der Waals surface area contributed by atoms with Gasteiger partial charge >= 0.3 is 5.97 Å². The van der Waals surface area contributed by atoms with E-state index in [1.54, 1.807) is 11.8 Å². The number of aliphatic carboxylic acids is 1. The van der Waals surface area contributed by atoms with E-state index in [-0.39, 0.29) is 18.3 Å². The maximum atomic E-state index is 11.2. The second-order valence-electron chi connectivity index (χ2n) is 5.10. The van der Waals surface area contributed by atoms with Crippen molar-refractivity contribution in [1.82, 2.24) is 0 Å². The van der Waals surface area contributed by atoms with Crippen molar-refractivity contribution < 1.29 is 9.90 Å². The van der Waals surface area contributed by atoms with Gasteiger partial charge in [-0.2, -0.15) is 11.8 Å². The SMILES string of the molecule is CCCCCCC(CSCc1ccccc1N)C(=O)O.Cl. The lowest BCUT2D eigenvalue weighted by atomic mass is 10.0. The quantitative estimate of drug-likeness (QED) is 0.486. The van der Waals surface area contributed by atoms with E-state index in [1.807, 2.05) is 24.3 Å². The minimum absolute atomic E-state index is 0. The van der Waals surface area contributed by atoms with Gasteiger partial charge in [-0.05, 0) is 18.1 Å². The Hall–Kier alpha value is -0.870. The third kappa shape index (κ3) is 8.22. The van der Waals surface area contributed by atoms with Crippen LogP contribution in [0.15, 0.2) is 24.3 Å². The normalized spacial score (nSPS) is 11.7. The average molecular weight is 332 g/mol. The molecule has 120 valence electrons. The van der Waals surface area contributed by atoms with Crippen molar-refractivity contribution in [3.63, 3.8) is 0 Å². The molecule has 1 atom stereocenters. The van der Waals surface area contributed by atoms with Gasteiger partial charge in [0.25, 0.3) is 0 Å². The number of benzene rings is 1. The molecule has 0 radical (unpaired) electrons. The first-order valence-corrected chi connectivity index (χ1v) is 8.44. The Morgan fingerprint density at radius 1 is 1.29 bits per heavy atom. The van der Waals surface area contributed by atoms with Crippen LogP contribution in [0.4, 0.5) is 5.69 Å². The number of carboxylic acid groups (broad SMARTS) is 1. The molecular formula is C16H26ClNO2S. The molecule has 0 bridgehead atoms. The Kier molecular flexibility index (Phi) is 11.3. The Bertz CT molecular complexity index is 415. The monoisotopic (exact) mass is 331 g/mol. The fraction of sp³-hybridized carbons (Fsp3) is 0.562. The zero-order valence-electron chi connectivity index (χ0n) is 12.6. The summed E-state index contributed by atoms with van der Waals surface area (Å²) < 4.78 is 0. The zero-order valence-corrected chi connectivity index (χ0v) is 14.2. The molecule has 0 amide bonds. The molecule has 5 heteroatoms. The highest BCUT2D eigenvalue weighted by Gasteiger charge is 2.16. The maximum Gasteiger partial charge on any atom is 0.307 e. The van der Waals surface area contributed by atoms with E-state index in [0.717, 1.165) is 36.3 Å². The molecule has 0 saturated carbocycles. The van der Waals surface area contributed by atoms with Crippen molar-refractivity contribution in [3.8, 4) is 0 Å². The number of hydrogen-bond acceptors (Lipinski definition) is 3. The van der Waals surface area contributed by atoms with Gasteiger partial charge in [-0.25, -0.2) is 0 Å². The van der Waals surface area contributed by atoms with Crippen LogP contribution < -0.4 is 5.73 Å². The summed E-state index contributed by atoms with van der Waals surface area (Å²) in [4.78, 5) is 11.2. The number of rotatable bonds is 10. The summed E-state index contributed by atoms with van der Waals surface area (Å²) in [5, 5.41) is 9.24. The molecule has 1 aromatic carbocycles. The van der Waals surface area contributed by atoms with Crippen LogP contribution in [0.1, 0.15) is 44.6 Å². The molecule has 0 fully saturated rings. The number of carbonyl (C=O) groups is 1. The van der Waals surface area contributed by atoms with Crippen molar-refractivity contribution in [2.45, 2.75) is 44.8 Å². The predicted molar refractivity (Wildman–Crippen MR) is 94.1 cm³/mol. The summed E-state index contributed by atoms with van der Waals surface area (Å²) in [6.07, 6.45) is 5.31. The number of unbranched alkanes of at least 4 members (excludes halogenated alkanes) is 3. The van der Waals surface area contributed by atoms with Crippen LogP contribution in [-0.4, -0.2) is 16.8 Å². The first kappa shape index (κ1) is 20.1. The molecule has 0 aliphatic rings. The molecule has 1 rings (SSSR count). The summed E-state index contributed by atoms with van der Waals surface area (Å²) in [5.74, 6) is 0.540. The van der Waals surface area contributed by atoms with Crippen LogP contribution in [0.2, 0.25) is 0 Å². The lowest BCUT2D eigenvalue weighted by Crippen LogP contribution is -2.16. The molecule has 0 aliphatic heterocycles. The Balaban J connectivity index is 0.00000400. The molecular weight excluding hydrogens is 306 g/mol. The van der Waals surface area contributed by atoms with Gasteiger partial charge in [-0.1, -0.05) is 50.8 Å². The molecule has 3 nitrogen and oxygen atoms in total. The Morgan fingerprint density at radius 2 is 2.00 bits per heavy atom. The van der Waals surface area contributed by atoms with Gasteiger partial charge in [0.1, 0.15) is 0 Å². The predicted octanol–water partition coefficient (Wildman–Crippen LogP) is 4.60. The molecule has 0 spiro atoms. The van der Waals surface area contributed by atoms with E-state index in [0.29, 0.717) is 5.75 Å². The molecule has 21 heavy (non-hydrogen) atoms. The van der Waals surface area contributed by atoms with Crippen molar-refractivity contribution in [1.29, 1.82) is 0 Å². The first-order valence-electron chi connectivity index (χ1n) is 7.29. The van der Waals surface area contributed by atoms with Crippen molar-refractivity contribution in [2.75, 3.05) is 11.5 Å². The molecule has 0 aliphatic carbocycles. The number of hydrogen-bond donors (Lipinski definition) is 2. The highest BCUT2D eigenvalue weighted by Crippen LogP contribution is 2.22. The van der Waals surface area contributed by atoms with Gasteiger partial charge in [0.2, 0.25) is 0 Å². The Labute approximate surface area is 138 Å². The topological polar surface area (TPSA) is 63.3 Å². The van der Waals surface area contributed by atoms with Crippen LogP contribution in [0.3, 0.4) is 0 Å². The highest BCUT2D eigenvalue weighted by atomic mass is 35.5. The summed E-state index contributed by atoms with van der Waals surface area (Å²) in [5.41, 5.74) is 7.76. The average Bonchev–Trinajstić information content (AvgIpc) is 2.43. The number of halogens is 1. The fourth-order valence-electron chi connectivity index (χ4n) is 2.07. The number of para-hydroxylation sites is 1. The van der Waals surface area contributed by atoms with Crippen LogP contribution in [0.5, 0.6) is 0 Å². The Morgan fingerprint density at radius 3 is 2.62 bits per heavy atom. The van der Waals surface area contributed by atoms with Crippen LogP contribution in [0, 0.1) is 5.92 Å². The smallest absolute Gasteiger partial charge is 0.307 e. The van der Waals surface area contributed by atoms with E-state index >= 15 is 0 Å². The summed E-state index contributed by atoms with van der Waals surface area (Å²) in [6, 6.07) is 7.76. The third-order valence-corrected chi connectivity index (χ3v) is 4.54. The second-order valence-corrected chi connectivity index (χ2v) is 6.13. The minimum atomic E-state index is -0.671. The summed E-state index contributed by atoms with van der Waals surface area (Å²) >= 11 is 1.66. The number of carboxylic acids is 1. The number of anilines is 1. The third-order valence-electron chi connectivity index (χ3n) is 3.39. The second kappa shape index (κ2) is 11.8. The van der Waals surface area contributed by atoms with Crippen molar-refractivity contribution >= 4 is 35.8 Å². The standard InChI is InChI=1S/C16H25NO2S.ClH/c1-2-3-4-5-9-14(16(18)19)12-20-11-13-8-6-7-10-15(13)17;/h6-8,10,14H,2-5,9,11-12,17H2,1H3,(H,18,19);1H. The lowest BCUT2D eigenvalue weighted by molar-refractivity contribution is -0.141. The molecule has 1 aromatic rings. The lowest BCUT2D eigenvalue weighted by Gasteiger charge is -2.12. The van der Waals surface area contributed by atoms with Gasteiger partial charge in [0.15, 0.2) is 0 Å². The fourth-order valence-corrected chi connectivity index (χ4v) is 3.27. The van der Waals surface area contributed by atoms with Crippen LogP contribution in [0.25, 0.3) is 0 Å². The molecule has 0 aromatic heterocycles. The maximum absolute atomic E-state index is 11.2. The van der Waals surface area contributed by atoms with E-state index in [1.165, 1.54) is 12.8 Å². The number of thioether (sulfide) groups is 1. The van der Waals surface area contributed by atoms with Gasteiger partial charge in [-0.15, -0.1) is 12.4 Å². The van der Waals surface area contributed by atoms with Gasteiger partial charge in [0.05, 0.1) is 5.92 Å². The minimum Gasteiger partial charge on any atom is -0.481 e. The van der Waals surface area contributed by atoms with E-state index < -0.39 is 5.97 Å². The largest absolute Gasteiger partial charge is 0.481 e. The molecule has 0 heterocycles.